The molecule has 0 radical (unpaired) electrons. The molecule has 22 heteroatoms. The van der Waals surface area contributed by atoms with Gasteiger partial charge in [0.2, 0.25) is 47.3 Å². The van der Waals surface area contributed by atoms with E-state index in [9.17, 15) is 53.1 Å². The maximum atomic E-state index is 13.8. The lowest BCUT2D eigenvalue weighted by atomic mass is 10.1. The quantitative estimate of drug-likeness (QED) is 0.0740. The van der Waals surface area contributed by atoms with Crippen LogP contribution in [-0.4, -0.2) is 136 Å². The molecule has 2 rings (SSSR count). The normalized spacial score (nSPS) is 28.4. The van der Waals surface area contributed by atoms with Crippen molar-refractivity contribution in [3.05, 3.63) is 0 Å². The zero-order valence-electron chi connectivity index (χ0n) is 30.3. The number of rotatable bonds is 10. The number of nitrogens with two attached hydrogens (primary N) is 2. The van der Waals surface area contributed by atoms with Crippen molar-refractivity contribution in [1.82, 2.24) is 36.8 Å². The van der Waals surface area contributed by atoms with Gasteiger partial charge in [-0.2, -0.15) is 12.6 Å². The van der Waals surface area contributed by atoms with E-state index in [0.29, 0.717) is 31.2 Å². The van der Waals surface area contributed by atoms with Crippen LogP contribution in [0.4, 0.5) is 0 Å². The molecule has 0 saturated carbocycles. The van der Waals surface area contributed by atoms with Gasteiger partial charge in [0.25, 0.3) is 11.8 Å². The van der Waals surface area contributed by atoms with Gasteiger partial charge in [0.1, 0.15) is 42.3 Å². The summed E-state index contributed by atoms with van der Waals surface area (Å²) in [6, 6.07) is -9.70. The van der Waals surface area contributed by atoms with E-state index in [1.807, 2.05) is 0 Å². The molecular weight excluding hydrogens is 732 g/mol. The summed E-state index contributed by atoms with van der Waals surface area (Å²) >= 11 is 4.16. The SMILES string of the molecule is C[C@@H]1NC(=O)[C@@H](C)NC(=O)[C@H](CCC(N)=O)NC(=O)[C@H](C)NC(=O)[C@@H]2C[C@@H](O)CN2C(=O)[C@H](CC(N)=O)NC(=O)[C@H](CCCCCS)NC(=O)C=NC1=O. The zero-order chi connectivity index (χ0) is 40.7. The van der Waals surface area contributed by atoms with Crippen LogP contribution >= 0.6 is 12.6 Å². The summed E-state index contributed by atoms with van der Waals surface area (Å²) in [5, 5.41) is 24.8. The maximum absolute atomic E-state index is 13.8. The molecule has 1 saturated heterocycles. The van der Waals surface area contributed by atoms with Gasteiger partial charge in [0, 0.05) is 19.4 Å². The Labute approximate surface area is 316 Å². The van der Waals surface area contributed by atoms with Crippen LogP contribution in [0, 0.1) is 0 Å². The van der Waals surface area contributed by atoms with Gasteiger partial charge in [0.05, 0.1) is 18.7 Å². The number of carbonyl (C=O) groups is 10. The van der Waals surface area contributed by atoms with Crippen LogP contribution < -0.4 is 43.4 Å². The summed E-state index contributed by atoms with van der Waals surface area (Å²) < 4.78 is 0. The Morgan fingerprint density at radius 3 is 1.91 bits per heavy atom. The van der Waals surface area contributed by atoms with Crippen LogP contribution in [0.15, 0.2) is 4.99 Å². The van der Waals surface area contributed by atoms with Gasteiger partial charge in [-0.3, -0.25) is 47.9 Å². The number of hydrogen-bond donors (Lipinski definition) is 10. The molecule has 11 N–H and O–H groups in total. The molecule has 300 valence electrons. The van der Waals surface area contributed by atoms with Crippen molar-refractivity contribution in [3.8, 4) is 0 Å². The number of aliphatic hydroxyl groups is 1. The highest BCUT2D eigenvalue weighted by Crippen LogP contribution is 2.21. The third kappa shape index (κ3) is 14.4. The van der Waals surface area contributed by atoms with Gasteiger partial charge >= 0.3 is 0 Å². The highest BCUT2D eigenvalue weighted by Gasteiger charge is 2.43. The smallest absolute Gasteiger partial charge is 0.268 e. The molecule has 0 aromatic carbocycles. The van der Waals surface area contributed by atoms with Crippen LogP contribution in [-0.2, 0) is 47.9 Å². The van der Waals surface area contributed by atoms with E-state index in [1.54, 1.807) is 0 Å². The standard InChI is InChI=1S/C32H50N10O11S/c1-15-26(47)35-13-25(46)39-19(7-5-4-6-10-54)30(51)41-21(12-24(34)45)32(53)42-14-18(43)11-22(42)31(52)38-17(3)28(49)40-20(8-9-23(33)44)29(50)37-16(2)27(48)36-15/h13,15-22,43,54H,4-12,14H2,1-3H3,(H2,33,44)(H2,34,45)(H,36,48)(H,37,50)(H,38,52)(H,39,46)(H,40,49)(H,41,51)/t15-,16+,17-,18+,19-,20-,21-,22-/m0/s1. The minimum absolute atomic E-state index is 0.0531. The van der Waals surface area contributed by atoms with Crippen molar-refractivity contribution in [2.24, 2.45) is 16.5 Å². The second-order valence-corrected chi connectivity index (χ2v) is 13.6. The molecule has 8 atom stereocenters. The first-order chi connectivity index (χ1) is 25.3. The highest BCUT2D eigenvalue weighted by molar-refractivity contribution is 7.80. The van der Waals surface area contributed by atoms with Crippen molar-refractivity contribution >= 4 is 77.9 Å². The van der Waals surface area contributed by atoms with Gasteiger partial charge in [0.15, 0.2) is 0 Å². The number of thiol groups is 1. The molecule has 0 aromatic rings. The number of amides is 10. The molecule has 21 nitrogen and oxygen atoms in total. The van der Waals surface area contributed by atoms with Crippen molar-refractivity contribution < 1.29 is 53.1 Å². The summed E-state index contributed by atoms with van der Waals surface area (Å²) in [4.78, 5) is 133. The maximum Gasteiger partial charge on any atom is 0.268 e. The lowest BCUT2D eigenvalue weighted by Gasteiger charge is -2.30. The average molecular weight is 783 g/mol. The molecule has 0 bridgehead atoms. The third-order valence-corrected chi connectivity index (χ3v) is 8.84. The lowest BCUT2D eigenvalue weighted by Crippen LogP contribution is -2.59. The molecule has 2 aliphatic rings. The molecular formula is C32H50N10O11S. The van der Waals surface area contributed by atoms with Crippen molar-refractivity contribution in [2.45, 2.75) is 121 Å². The summed E-state index contributed by atoms with van der Waals surface area (Å²) in [5.74, 6) is -8.64. The molecule has 2 aliphatic heterocycles. The number of nitrogens with zero attached hydrogens (tertiary/aromatic N) is 2. The number of nitrogens with one attached hydrogen (secondary N) is 6. The predicted molar refractivity (Wildman–Crippen MR) is 193 cm³/mol. The molecule has 0 unspecified atom stereocenters. The van der Waals surface area contributed by atoms with Crippen LogP contribution in [0.25, 0.3) is 0 Å². The number of primary amides is 2. The van der Waals surface area contributed by atoms with Crippen molar-refractivity contribution in [3.63, 3.8) is 0 Å². The van der Waals surface area contributed by atoms with Gasteiger partial charge in [-0.05, 0) is 45.8 Å². The van der Waals surface area contributed by atoms with Gasteiger partial charge in [-0.15, -0.1) is 0 Å². The second-order valence-electron chi connectivity index (χ2n) is 13.1. The summed E-state index contributed by atoms with van der Waals surface area (Å²) in [5.41, 5.74) is 10.6. The summed E-state index contributed by atoms with van der Waals surface area (Å²) in [6.07, 6.45) is -0.513. The molecule has 0 aliphatic carbocycles. The highest BCUT2D eigenvalue weighted by atomic mass is 32.1. The van der Waals surface area contributed by atoms with E-state index >= 15 is 0 Å². The number of aliphatic hydroxyl groups excluding tert-OH is 1. The van der Waals surface area contributed by atoms with E-state index in [2.05, 4.69) is 49.5 Å². The van der Waals surface area contributed by atoms with Crippen molar-refractivity contribution in [2.75, 3.05) is 12.3 Å². The fraction of sp³-hybridized carbons (Fsp3) is 0.656. The Hall–Kier alpha value is -5.12. The second kappa shape index (κ2) is 21.5. The lowest BCUT2D eigenvalue weighted by molar-refractivity contribution is -0.143. The van der Waals surface area contributed by atoms with E-state index in [0.717, 1.165) is 4.90 Å². The molecule has 54 heavy (non-hydrogen) atoms. The van der Waals surface area contributed by atoms with Crippen LogP contribution in [0.2, 0.25) is 0 Å². The monoisotopic (exact) mass is 782 g/mol. The summed E-state index contributed by atoms with van der Waals surface area (Å²) in [7, 11) is 0. The Morgan fingerprint density at radius 2 is 1.30 bits per heavy atom. The summed E-state index contributed by atoms with van der Waals surface area (Å²) in [6.45, 7) is 3.41. The van der Waals surface area contributed by atoms with Crippen molar-refractivity contribution in [1.29, 1.82) is 0 Å². The molecule has 0 aromatic heterocycles. The fourth-order valence-electron chi connectivity index (χ4n) is 5.54. The van der Waals surface area contributed by atoms with Crippen LogP contribution in [0.3, 0.4) is 0 Å². The van der Waals surface area contributed by atoms with Gasteiger partial charge < -0.3 is 53.4 Å². The Morgan fingerprint density at radius 1 is 0.741 bits per heavy atom. The number of hydrogen-bond acceptors (Lipinski definition) is 12. The first kappa shape index (κ1) is 45.0. The first-order valence-corrected chi connectivity index (χ1v) is 18.0. The largest absolute Gasteiger partial charge is 0.391 e. The Balaban J connectivity index is 2.52. The Bertz CT molecular complexity index is 1490. The van der Waals surface area contributed by atoms with E-state index < -0.39 is 120 Å². The molecule has 0 spiro atoms. The average Bonchev–Trinajstić information content (AvgIpc) is 3.50. The van der Waals surface area contributed by atoms with E-state index in [1.165, 1.54) is 20.8 Å². The minimum atomic E-state index is -1.65. The zero-order valence-corrected chi connectivity index (χ0v) is 31.2. The fourth-order valence-corrected chi connectivity index (χ4v) is 5.76. The predicted octanol–water partition coefficient (Wildman–Crippen LogP) is -4.84. The number of unbranched alkanes of at least 4 members (excludes halogenated alkanes) is 2. The van der Waals surface area contributed by atoms with Gasteiger partial charge in [-0.1, -0.05) is 12.8 Å². The van der Waals surface area contributed by atoms with Gasteiger partial charge in [-0.25, -0.2) is 4.99 Å². The van der Waals surface area contributed by atoms with E-state index in [4.69, 9.17) is 11.5 Å². The van der Waals surface area contributed by atoms with Crippen LogP contribution in [0.1, 0.15) is 72.1 Å². The van der Waals surface area contributed by atoms with E-state index in [-0.39, 0.29) is 25.7 Å². The molecule has 1 fully saturated rings. The first-order valence-electron chi connectivity index (χ1n) is 17.4. The minimum Gasteiger partial charge on any atom is -0.391 e. The third-order valence-electron chi connectivity index (χ3n) is 8.52. The topological polar surface area (TPSA) is 331 Å². The number of fused-ring (bicyclic) bond motifs is 1. The number of aliphatic imine (C=N–C) groups is 1. The van der Waals surface area contributed by atoms with Crippen LogP contribution in [0.5, 0.6) is 0 Å². The Kier molecular flexibility index (Phi) is 18.0. The molecule has 10 amide bonds. The molecule has 2 heterocycles. The number of carbonyl (C=O) groups excluding carboxylic acids is 10.